The first kappa shape index (κ1) is 14.2. The fourth-order valence-corrected chi connectivity index (χ4v) is 2.06. The van der Waals surface area contributed by atoms with Crippen molar-refractivity contribution in [3.8, 4) is 0 Å². The summed E-state index contributed by atoms with van der Waals surface area (Å²) in [5.74, 6) is -2.42. The minimum Gasteiger partial charge on any atom is -0.343 e. The Balaban J connectivity index is 1.94. The molecule has 0 unspecified atom stereocenters. The van der Waals surface area contributed by atoms with Crippen molar-refractivity contribution in [2.24, 2.45) is 5.41 Å². The third-order valence-electron chi connectivity index (χ3n) is 3.60. The van der Waals surface area contributed by atoms with E-state index >= 15 is 0 Å². The molecule has 0 aliphatic carbocycles. The molecule has 0 aromatic heterocycles. The van der Waals surface area contributed by atoms with E-state index in [0.717, 1.165) is 0 Å². The molecule has 18 heavy (non-hydrogen) atoms. The highest BCUT2D eigenvalue weighted by molar-refractivity contribution is 4.86. The normalized spacial score (nSPS) is 45.3. The van der Waals surface area contributed by atoms with E-state index in [9.17, 15) is 5.11 Å². The summed E-state index contributed by atoms with van der Waals surface area (Å²) in [6.07, 6.45) is 1.00. The molecular formula is C12H22O6. The van der Waals surface area contributed by atoms with Gasteiger partial charge in [0.25, 0.3) is 11.9 Å². The highest BCUT2D eigenvalue weighted by Gasteiger charge is 2.49. The Kier molecular flexibility index (Phi) is 3.96. The molecular weight excluding hydrogens is 240 g/mol. The number of hydrogen-bond donors (Lipinski definition) is 1. The highest BCUT2D eigenvalue weighted by atomic mass is 16.9. The lowest BCUT2D eigenvalue weighted by Gasteiger charge is -2.48. The van der Waals surface area contributed by atoms with Gasteiger partial charge < -0.3 is 28.8 Å². The Morgan fingerprint density at radius 1 is 0.944 bits per heavy atom. The zero-order valence-electron chi connectivity index (χ0n) is 11.2. The Hall–Kier alpha value is -0.240. The molecule has 6 nitrogen and oxygen atoms in total. The zero-order chi connectivity index (χ0) is 13.3. The first-order valence-electron chi connectivity index (χ1n) is 6.34. The second kappa shape index (κ2) is 5.03. The van der Waals surface area contributed by atoms with Gasteiger partial charge in [0, 0.05) is 20.0 Å². The molecule has 2 fully saturated rings. The second-order valence-electron chi connectivity index (χ2n) is 4.96. The Morgan fingerprint density at radius 3 is 1.83 bits per heavy atom. The average molecular weight is 262 g/mol. The first-order chi connectivity index (χ1) is 8.51. The van der Waals surface area contributed by atoms with E-state index in [1.165, 1.54) is 0 Å². The van der Waals surface area contributed by atoms with E-state index in [4.69, 9.17) is 23.7 Å². The van der Waals surface area contributed by atoms with E-state index in [0.29, 0.717) is 39.3 Å². The molecule has 0 aromatic rings. The van der Waals surface area contributed by atoms with Crippen molar-refractivity contribution in [1.29, 1.82) is 0 Å². The SMILES string of the molecule is CCC1(O)OCC2(CO1)COC(CC)(OC)OC2. The van der Waals surface area contributed by atoms with Crippen LogP contribution >= 0.6 is 0 Å². The van der Waals surface area contributed by atoms with Gasteiger partial charge in [-0.3, -0.25) is 0 Å². The van der Waals surface area contributed by atoms with Crippen molar-refractivity contribution in [3.63, 3.8) is 0 Å². The Morgan fingerprint density at radius 2 is 1.44 bits per heavy atom. The summed E-state index contributed by atoms with van der Waals surface area (Å²) in [6, 6.07) is 0. The summed E-state index contributed by atoms with van der Waals surface area (Å²) in [5.41, 5.74) is -0.362. The fourth-order valence-electron chi connectivity index (χ4n) is 2.06. The molecule has 1 N–H and O–H groups in total. The molecule has 2 aliphatic heterocycles. The minimum absolute atomic E-state index is 0.348. The van der Waals surface area contributed by atoms with Crippen molar-refractivity contribution >= 4 is 0 Å². The van der Waals surface area contributed by atoms with Crippen molar-refractivity contribution in [2.75, 3.05) is 33.5 Å². The van der Waals surface area contributed by atoms with Crippen LogP contribution in [0.5, 0.6) is 0 Å². The number of ether oxygens (including phenoxy) is 5. The molecule has 106 valence electrons. The lowest BCUT2D eigenvalue weighted by molar-refractivity contribution is -0.456. The van der Waals surface area contributed by atoms with Crippen molar-refractivity contribution in [3.05, 3.63) is 0 Å². The van der Waals surface area contributed by atoms with Gasteiger partial charge in [0.05, 0.1) is 31.8 Å². The smallest absolute Gasteiger partial charge is 0.282 e. The highest BCUT2D eigenvalue weighted by Crippen LogP contribution is 2.37. The molecule has 0 amide bonds. The molecule has 0 aromatic carbocycles. The molecule has 1 spiro atoms. The van der Waals surface area contributed by atoms with Crippen LogP contribution in [0, 0.1) is 5.41 Å². The summed E-state index contributed by atoms with van der Waals surface area (Å²) < 4.78 is 27.3. The van der Waals surface area contributed by atoms with Gasteiger partial charge in [-0.1, -0.05) is 13.8 Å². The quantitative estimate of drug-likeness (QED) is 0.812. The van der Waals surface area contributed by atoms with Crippen molar-refractivity contribution in [2.45, 2.75) is 38.6 Å². The summed E-state index contributed by atoms with van der Waals surface area (Å²) in [7, 11) is 1.56. The average Bonchev–Trinajstić information content (AvgIpc) is 2.44. The maximum Gasteiger partial charge on any atom is 0.282 e. The summed E-state index contributed by atoms with van der Waals surface area (Å²) in [6.45, 7) is 5.29. The third-order valence-corrected chi connectivity index (χ3v) is 3.60. The van der Waals surface area contributed by atoms with Crippen LogP contribution in [0.1, 0.15) is 26.7 Å². The minimum atomic E-state index is -1.47. The molecule has 0 atom stereocenters. The third kappa shape index (κ3) is 2.54. The zero-order valence-corrected chi connectivity index (χ0v) is 11.2. The summed E-state index contributed by atoms with van der Waals surface area (Å²) in [4.78, 5) is 0. The molecule has 6 heteroatoms. The lowest BCUT2D eigenvalue weighted by Crippen LogP contribution is -2.59. The van der Waals surface area contributed by atoms with Gasteiger partial charge in [-0.25, -0.2) is 0 Å². The molecule has 2 saturated heterocycles. The monoisotopic (exact) mass is 262 g/mol. The van der Waals surface area contributed by atoms with Crippen LogP contribution in [-0.2, 0) is 23.7 Å². The maximum atomic E-state index is 9.84. The van der Waals surface area contributed by atoms with Crippen LogP contribution in [0.15, 0.2) is 0 Å². The van der Waals surface area contributed by atoms with Crippen LogP contribution in [0.3, 0.4) is 0 Å². The molecule has 0 radical (unpaired) electrons. The standard InChI is InChI=1S/C12H22O6/c1-4-11(13)15-6-10(7-16-11)8-17-12(5-2,14-3)18-9-10/h13H,4-9H2,1-3H3. The number of hydrogen-bond acceptors (Lipinski definition) is 6. The van der Waals surface area contributed by atoms with Gasteiger partial charge in [-0.05, 0) is 0 Å². The molecule has 0 bridgehead atoms. The maximum absolute atomic E-state index is 9.84. The lowest BCUT2D eigenvalue weighted by atomic mass is 9.90. The van der Waals surface area contributed by atoms with E-state index in [2.05, 4.69) is 0 Å². The van der Waals surface area contributed by atoms with Gasteiger partial charge in [0.2, 0.25) is 0 Å². The van der Waals surface area contributed by atoms with Crippen molar-refractivity contribution in [1.82, 2.24) is 0 Å². The molecule has 0 saturated carbocycles. The summed E-state index contributed by atoms with van der Waals surface area (Å²) in [5, 5.41) is 9.84. The second-order valence-corrected chi connectivity index (χ2v) is 4.96. The van der Waals surface area contributed by atoms with Crippen molar-refractivity contribution < 1.29 is 28.8 Å². The van der Waals surface area contributed by atoms with E-state index < -0.39 is 11.9 Å². The fraction of sp³-hybridized carbons (Fsp3) is 1.00. The number of rotatable bonds is 3. The number of aliphatic hydroxyl groups is 1. The van der Waals surface area contributed by atoms with Crippen LogP contribution in [0.4, 0.5) is 0 Å². The van der Waals surface area contributed by atoms with E-state index in [-0.39, 0.29) is 5.41 Å². The van der Waals surface area contributed by atoms with Crippen LogP contribution in [0.25, 0.3) is 0 Å². The van der Waals surface area contributed by atoms with Crippen LogP contribution in [-0.4, -0.2) is 50.6 Å². The van der Waals surface area contributed by atoms with Gasteiger partial charge in [-0.2, -0.15) is 0 Å². The van der Waals surface area contributed by atoms with Gasteiger partial charge in [0.1, 0.15) is 0 Å². The molecule has 2 aliphatic rings. The van der Waals surface area contributed by atoms with Gasteiger partial charge in [-0.15, -0.1) is 0 Å². The first-order valence-corrected chi connectivity index (χ1v) is 6.34. The van der Waals surface area contributed by atoms with Crippen LogP contribution < -0.4 is 0 Å². The number of methoxy groups -OCH3 is 1. The predicted molar refractivity (Wildman–Crippen MR) is 61.5 cm³/mol. The molecule has 2 heterocycles. The largest absolute Gasteiger partial charge is 0.343 e. The molecule has 2 rings (SSSR count). The van der Waals surface area contributed by atoms with Gasteiger partial charge in [0.15, 0.2) is 0 Å². The predicted octanol–water partition coefficient (Wildman–Crippen LogP) is 0.833. The van der Waals surface area contributed by atoms with E-state index in [1.54, 1.807) is 14.0 Å². The Labute approximate surface area is 107 Å². The van der Waals surface area contributed by atoms with Crippen LogP contribution in [0.2, 0.25) is 0 Å². The summed E-state index contributed by atoms with van der Waals surface area (Å²) >= 11 is 0. The van der Waals surface area contributed by atoms with Gasteiger partial charge >= 0.3 is 0 Å². The Bertz CT molecular complexity index is 268. The van der Waals surface area contributed by atoms with E-state index in [1.807, 2.05) is 6.92 Å². The topological polar surface area (TPSA) is 66.4 Å².